The second kappa shape index (κ2) is 10.7. The SMILES string of the molecule is NCCCN(Cc1ccccc1)C(=O)CNC(=O)NC1CCCCC1. The molecule has 0 radical (unpaired) electrons. The van der Waals surface area contributed by atoms with Crippen molar-refractivity contribution < 1.29 is 9.59 Å². The normalized spacial score (nSPS) is 14.8. The van der Waals surface area contributed by atoms with Gasteiger partial charge in [-0.15, -0.1) is 0 Å². The van der Waals surface area contributed by atoms with Crippen molar-refractivity contribution in [3.05, 3.63) is 35.9 Å². The second-order valence-corrected chi connectivity index (χ2v) is 6.61. The maximum atomic E-state index is 12.5. The Kier molecular flexibility index (Phi) is 8.25. The van der Waals surface area contributed by atoms with E-state index in [2.05, 4.69) is 10.6 Å². The molecule has 138 valence electrons. The van der Waals surface area contributed by atoms with Crippen LogP contribution in [0, 0.1) is 0 Å². The topological polar surface area (TPSA) is 87.5 Å². The molecule has 4 N–H and O–H groups in total. The summed E-state index contributed by atoms with van der Waals surface area (Å²) in [6, 6.07) is 9.83. The molecule has 25 heavy (non-hydrogen) atoms. The van der Waals surface area contributed by atoms with Crippen LogP contribution in [-0.4, -0.2) is 42.5 Å². The first-order chi connectivity index (χ1) is 12.2. The van der Waals surface area contributed by atoms with Gasteiger partial charge in [0.1, 0.15) is 0 Å². The molecule has 0 bridgehead atoms. The first-order valence-corrected chi connectivity index (χ1v) is 9.25. The zero-order chi connectivity index (χ0) is 17.9. The minimum Gasteiger partial charge on any atom is -0.337 e. The third kappa shape index (κ3) is 7.13. The maximum Gasteiger partial charge on any atom is 0.315 e. The van der Waals surface area contributed by atoms with Crippen LogP contribution in [-0.2, 0) is 11.3 Å². The highest BCUT2D eigenvalue weighted by atomic mass is 16.2. The van der Waals surface area contributed by atoms with Crippen LogP contribution < -0.4 is 16.4 Å². The number of urea groups is 1. The molecule has 0 saturated heterocycles. The van der Waals surface area contributed by atoms with Gasteiger partial charge in [0.15, 0.2) is 0 Å². The predicted octanol–water partition coefficient (Wildman–Crippen LogP) is 2.00. The molecule has 2 rings (SSSR count). The minimum atomic E-state index is -0.251. The molecule has 1 aromatic carbocycles. The van der Waals surface area contributed by atoms with Crippen LogP contribution in [0.2, 0.25) is 0 Å². The number of nitrogens with one attached hydrogen (secondary N) is 2. The van der Waals surface area contributed by atoms with Crippen molar-refractivity contribution in [3.8, 4) is 0 Å². The van der Waals surface area contributed by atoms with Gasteiger partial charge < -0.3 is 21.3 Å². The molecule has 1 fully saturated rings. The van der Waals surface area contributed by atoms with E-state index in [1.54, 1.807) is 4.90 Å². The van der Waals surface area contributed by atoms with E-state index in [0.717, 1.165) is 37.7 Å². The van der Waals surface area contributed by atoms with E-state index in [1.165, 1.54) is 6.42 Å². The third-order valence-corrected chi connectivity index (χ3v) is 4.54. The Labute approximate surface area is 150 Å². The summed E-state index contributed by atoms with van der Waals surface area (Å²) >= 11 is 0. The van der Waals surface area contributed by atoms with Crippen LogP contribution in [0.3, 0.4) is 0 Å². The molecule has 0 spiro atoms. The number of hydrogen-bond acceptors (Lipinski definition) is 3. The number of nitrogens with two attached hydrogens (primary N) is 1. The van der Waals surface area contributed by atoms with E-state index in [9.17, 15) is 9.59 Å². The predicted molar refractivity (Wildman–Crippen MR) is 98.9 cm³/mol. The van der Waals surface area contributed by atoms with Crippen molar-refractivity contribution in [2.45, 2.75) is 51.1 Å². The third-order valence-electron chi connectivity index (χ3n) is 4.54. The Morgan fingerprint density at radius 3 is 2.52 bits per heavy atom. The van der Waals surface area contributed by atoms with Crippen molar-refractivity contribution in [3.63, 3.8) is 0 Å². The van der Waals surface area contributed by atoms with E-state index in [1.807, 2.05) is 30.3 Å². The van der Waals surface area contributed by atoms with Crippen molar-refractivity contribution >= 4 is 11.9 Å². The first kappa shape index (κ1) is 19.2. The summed E-state index contributed by atoms with van der Waals surface area (Å²) in [6.45, 7) is 1.67. The summed E-state index contributed by atoms with van der Waals surface area (Å²) in [5.41, 5.74) is 6.65. The van der Waals surface area contributed by atoms with Crippen LogP contribution in [0.15, 0.2) is 30.3 Å². The number of carbonyl (C=O) groups excluding carboxylic acids is 2. The van der Waals surface area contributed by atoms with Gasteiger partial charge in [-0.25, -0.2) is 4.79 Å². The van der Waals surface area contributed by atoms with Crippen LogP contribution in [0.1, 0.15) is 44.1 Å². The molecule has 0 atom stereocenters. The van der Waals surface area contributed by atoms with E-state index in [4.69, 9.17) is 5.73 Å². The van der Waals surface area contributed by atoms with Gasteiger partial charge in [0.25, 0.3) is 0 Å². The Bertz CT molecular complexity index is 529. The van der Waals surface area contributed by atoms with Crippen molar-refractivity contribution in [1.29, 1.82) is 0 Å². The molecule has 6 nitrogen and oxygen atoms in total. The molecule has 0 aromatic heterocycles. The zero-order valence-electron chi connectivity index (χ0n) is 14.9. The fourth-order valence-electron chi connectivity index (χ4n) is 3.13. The van der Waals surface area contributed by atoms with Gasteiger partial charge in [0.2, 0.25) is 5.91 Å². The number of benzene rings is 1. The van der Waals surface area contributed by atoms with Crippen molar-refractivity contribution in [2.24, 2.45) is 5.73 Å². The summed E-state index contributed by atoms with van der Waals surface area (Å²) in [6.07, 6.45) is 6.36. The van der Waals surface area contributed by atoms with Crippen molar-refractivity contribution in [1.82, 2.24) is 15.5 Å². The monoisotopic (exact) mass is 346 g/mol. The lowest BCUT2D eigenvalue weighted by molar-refractivity contribution is -0.130. The fraction of sp³-hybridized carbons (Fsp3) is 0.579. The van der Waals surface area contributed by atoms with Gasteiger partial charge >= 0.3 is 6.03 Å². The molecular formula is C19H30N4O2. The number of amides is 3. The number of hydrogen-bond donors (Lipinski definition) is 3. The molecule has 1 aliphatic rings. The Morgan fingerprint density at radius 1 is 1.12 bits per heavy atom. The quantitative estimate of drug-likeness (QED) is 0.673. The lowest BCUT2D eigenvalue weighted by atomic mass is 9.96. The molecule has 0 unspecified atom stereocenters. The first-order valence-electron chi connectivity index (χ1n) is 9.25. The van der Waals surface area contributed by atoms with E-state index >= 15 is 0 Å². The Balaban J connectivity index is 1.80. The lowest BCUT2D eigenvalue weighted by Crippen LogP contribution is -2.47. The molecule has 1 aromatic rings. The van der Waals surface area contributed by atoms with Crippen LogP contribution in [0.5, 0.6) is 0 Å². The Hall–Kier alpha value is -2.08. The van der Waals surface area contributed by atoms with Crippen LogP contribution in [0.4, 0.5) is 4.79 Å². The van der Waals surface area contributed by atoms with E-state index < -0.39 is 0 Å². The largest absolute Gasteiger partial charge is 0.337 e. The summed E-state index contributed by atoms with van der Waals surface area (Å²) < 4.78 is 0. The van der Waals surface area contributed by atoms with Gasteiger partial charge in [-0.05, 0) is 31.4 Å². The number of carbonyl (C=O) groups is 2. The highest BCUT2D eigenvalue weighted by molar-refractivity contribution is 5.84. The average molecular weight is 346 g/mol. The van der Waals surface area contributed by atoms with Gasteiger partial charge in [-0.1, -0.05) is 49.6 Å². The second-order valence-electron chi connectivity index (χ2n) is 6.61. The van der Waals surface area contributed by atoms with Crippen molar-refractivity contribution in [2.75, 3.05) is 19.6 Å². The fourth-order valence-corrected chi connectivity index (χ4v) is 3.13. The van der Waals surface area contributed by atoms with Gasteiger partial charge in [0.05, 0.1) is 6.54 Å². The summed E-state index contributed by atoms with van der Waals surface area (Å²) in [5.74, 6) is -0.0869. The number of nitrogens with zero attached hydrogens (tertiary/aromatic N) is 1. The summed E-state index contributed by atoms with van der Waals surface area (Å²) in [7, 11) is 0. The smallest absolute Gasteiger partial charge is 0.315 e. The highest BCUT2D eigenvalue weighted by Gasteiger charge is 2.18. The molecule has 0 heterocycles. The summed E-state index contributed by atoms with van der Waals surface area (Å²) in [5, 5.41) is 5.67. The molecule has 1 aliphatic carbocycles. The molecule has 3 amide bonds. The number of rotatable bonds is 8. The van der Waals surface area contributed by atoms with E-state index in [-0.39, 0.29) is 24.5 Å². The molecule has 0 aliphatic heterocycles. The molecular weight excluding hydrogens is 316 g/mol. The maximum absolute atomic E-state index is 12.5. The lowest BCUT2D eigenvalue weighted by Gasteiger charge is -2.25. The van der Waals surface area contributed by atoms with Gasteiger partial charge in [0, 0.05) is 19.1 Å². The minimum absolute atomic E-state index is 0.00988. The highest BCUT2D eigenvalue weighted by Crippen LogP contribution is 2.17. The standard InChI is InChI=1S/C19H30N4O2/c20-12-7-13-23(15-16-8-3-1-4-9-16)18(24)14-21-19(25)22-17-10-5-2-6-11-17/h1,3-4,8-9,17H,2,5-7,10-15,20H2,(H2,21,22,25). The van der Waals surface area contributed by atoms with Crippen LogP contribution in [0.25, 0.3) is 0 Å². The van der Waals surface area contributed by atoms with Crippen LogP contribution >= 0.6 is 0 Å². The average Bonchev–Trinajstić information content (AvgIpc) is 2.65. The molecule has 6 heteroatoms. The van der Waals surface area contributed by atoms with Gasteiger partial charge in [-0.3, -0.25) is 4.79 Å². The van der Waals surface area contributed by atoms with E-state index in [0.29, 0.717) is 19.6 Å². The van der Waals surface area contributed by atoms with Gasteiger partial charge in [-0.2, -0.15) is 0 Å². The Morgan fingerprint density at radius 2 is 1.84 bits per heavy atom. The molecule has 1 saturated carbocycles. The zero-order valence-corrected chi connectivity index (χ0v) is 14.9. The summed E-state index contributed by atoms with van der Waals surface area (Å²) in [4.78, 5) is 26.2.